The van der Waals surface area contributed by atoms with Gasteiger partial charge in [0.25, 0.3) is 0 Å². The monoisotopic (exact) mass is 605 g/mol. The van der Waals surface area contributed by atoms with Crippen molar-refractivity contribution in [3.8, 4) is 11.1 Å². The molecule has 4 aromatic rings. The van der Waals surface area contributed by atoms with Gasteiger partial charge in [0, 0.05) is 64.7 Å². The lowest BCUT2D eigenvalue weighted by molar-refractivity contribution is -0.253. The maximum Gasteiger partial charge on any atom is 0.217 e. The Kier molecular flexibility index (Phi) is 10.4. The summed E-state index contributed by atoms with van der Waals surface area (Å²) < 4.78 is 13.4. The number of aliphatic hydroxyl groups excluding tert-OH is 1. The molecule has 0 unspecified atom stereocenters. The van der Waals surface area contributed by atoms with Crippen molar-refractivity contribution < 1.29 is 19.4 Å². The number of hydrogen-bond donors (Lipinski definition) is 2. The first-order chi connectivity index (χ1) is 22.0. The van der Waals surface area contributed by atoms with Crippen LogP contribution in [-0.4, -0.2) is 59.6 Å². The first-order valence-electron chi connectivity index (χ1n) is 16.0. The Morgan fingerprint density at radius 3 is 2.18 bits per heavy atom. The van der Waals surface area contributed by atoms with Gasteiger partial charge in [-0.05, 0) is 45.5 Å². The van der Waals surface area contributed by atoms with E-state index in [1.165, 1.54) is 12.5 Å². The number of carbonyl (C=O) groups excluding carboxylic acids is 1. The van der Waals surface area contributed by atoms with Gasteiger partial charge in [0.2, 0.25) is 5.91 Å². The summed E-state index contributed by atoms with van der Waals surface area (Å²) in [5.41, 5.74) is 7.53. The van der Waals surface area contributed by atoms with Crippen molar-refractivity contribution in [2.24, 2.45) is 0 Å². The maximum absolute atomic E-state index is 11.4. The van der Waals surface area contributed by atoms with Crippen LogP contribution in [0, 0.1) is 0 Å². The zero-order valence-corrected chi connectivity index (χ0v) is 26.0. The molecule has 7 nitrogen and oxygen atoms in total. The predicted octanol–water partition coefficient (Wildman–Crippen LogP) is 5.85. The summed E-state index contributed by atoms with van der Waals surface area (Å²) in [6.07, 6.45) is 0.152. The van der Waals surface area contributed by atoms with Crippen LogP contribution in [0.2, 0.25) is 0 Å². The highest BCUT2D eigenvalue weighted by Gasteiger charge is 2.34. The van der Waals surface area contributed by atoms with E-state index in [1.807, 2.05) is 24.3 Å². The van der Waals surface area contributed by atoms with Crippen LogP contribution < -0.4 is 5.32 Å². The first-order valence-corrected chi connectivity index (χ1v) is 16.0. The number of aliphatic hydroxyl groups is 1. The Labute approximate surface area is 266 Å². The summed E-state index contributed by atoms with van der Waals surface area (Å²) in [7, 11) is 0. The third-order valence-corrected chi connectivity index (χ3v) is 8.75. The van der Waals surface area contributed by atoms with Crippen LogP contribution in [0.15, 0.2) is 103 Å². The molecule has 4 aromatic carbocycles. The van der Waals surface area contributed by atoms with Crippen molar-refractivity contribution in [1.29, 1.82) is 0 Å². The summed E-state index contributed by atoms with van der Waals surface area (Å²) >= 11 is 0. The van der Waals surface area contributed by atoms with Crippen LogP contribution in [0.4, 0.5) is 0 Å². The van der Waals surface area contributed by atoms with Gasteiger partial charge < -0.3 is 19.9 Å². The molecule has 0 saturated carbocycles. The summed E-state index contributed by atoms with van der Waals surface area (Å²) in [6.45, 7) is 8.00. The van der Waals surface area contributed by atoms with Crippen molar-refractivity contribution in [1.82, 2.24) is 15.1 Å². The lowest BCUT2D eigenvalue weighted by Crippen LogP contribution is -2.49. The van der Waals surface area contributed by atoms with E-state index < -0.39 is 6.29 Å². The predicted molar refractivity (Wildman–Crippen MR) is 176 cm³/mol. The second kappa shape index (κ2) is 15.0. The second-order valence-electron chi connectivity index (χ2n) is 12.1. The standard InChI is InChI=1S/C38H43N3O4/c1-28(43)39-24-31-9-5-10-33(21-31)34-11-6-12-35(22-34)38-44-36(23-37(45-38)32-15-13-30(27-42)14-16-32)26-41-19-17-40(18-20-41)25-29-7-3-2-4-8-29/h2-16,21-22,36-38,42H,17-20,23-27H2,1H3,(H,39,43)/t36-,37+,38+/m1/s1. The van der Waals surface area contributed by atoms with E-state index in [-0.39, 0.29) is 24.7 Å². The van der Waals surface area contributed by atoms with Crippen molar-refractivity contribution >= 4 is 5.91 Å². The quantitative estimate of drug-likeness (QED) is 0.237. The molecule has 45 heavy (non-hydrogen) atoms. The van der Waals surface area contributed by atoms with E-state index in [0.717, 1.165) is 79.1 Å². The van der Waals surface area contributed by atoms with Gasteiger partial charge in [-0.3, -0.25) is 14.6 Å². The fourth-order valence-corrected chi connectivity index (χ4v) is 6.24. The number of piperazine rings is 1. The van der Waals surface area contributed by atoms with E-state index in [1.54, 1.807) is 0 Å². The first kappa shape index (κ1) is 31.1. The second-order valence-corrected chi connectivity index (χ2v) is 12.1. The number of amides is 1. The molecule has 1 amide bonds. The highest BCUT2D eigenvalue weighted by molar-refractivity contribution is 5.73. The Hall–Kier alpha value is -3.85. The maximum atomic E-state index is 11.4. The summed E-state index contributed by atoms with van der Waals surface area (Å²) in [4.78, 5) is 16.5. The van der Waals surface area contributed by atoms with Gasteiger partial charge in [0.15, 0.2) is 6.29 Å². The van der Waals surface area contributed by atoms with Gasteiger partial charge >= 0.3 is 0 Å². The molecule has 0 radical (unpaired) electrons. The van der Waals surface area contributed by atoms with Crippen molar-refractivity contribution in [2.45, 2.75) is 51.5 Å². The summed E-state index contributed by atoms with van der Waals surface area (Å²) in [5, 5.41) is 12.5. The van der Waals surface area contributed by atoms with E-state index in [9.17, 15) is 9.90 Å². The van der Waals surface area contributed by atoms with Gasteiger partial charge in [-0.15, -0.1) is 0 Å². The molecule has 2 N–H and O–H groups in total. The van der Waals surface area contributed by atoms with Gasteiger partial charge in [0.05, 0.1) is 18.8 Å². The molecule has 0 bridgehead atoms. The number of hydrogen-bond acceptors (Lipinski definition) is 6. The highest BCUT2D eigenvalue weighted by Crippen LogP contribution is 2.39. The molecule has 6 rings (SSSR count). The Bertz CT molecular complexity index is 1540. The van der Waals surface area contributed by atoms with E-state index in [2.05, 4.69) is 94.0 Å². The van der Waals surface area contributed by atoms with Crippen molar-refractivity contribution in [3.63, 3.8) is 0 Å². The molecule has 0 spiro atoms. The Morgan fingerprint density at radius 1 is 0.756 bits per heavy atom. The largest absolute Gasteiger partial charge is 0.392 e. The third kappa shape index (κ3) is 8.45. The van der Waals surface area contributed by atoms with Crippen LogP contribution in [0.3, 0.4) is 0 Å². The molecule has 0 aliphatic carbocycles. The number of benzene rings is 4. The number of nitrogens with one attached hydrogen (secondary N) is 1. The SMILES string of the molecule is CC(=O)NCc1cccc(-c2cccc([C@H]3O[C@@H](CN4CCN(Cc5ccccc5)CC4)C[C@@H](c4ccc(CO)cc4)O3)c2)c1. The van der Waals surface area contributed by atoms with Gasteiger partial charge in [-0.2, -0.15) is 0 Å². The van der Waals surface area contributed by atoms with Crippen LogP contribution in [-0.2, 0) is 34.0 Å². The molecule has 0 aromatic heterocycles. The minimum Gasteiger partial charge on any atom is -0.392 e. The van der Waals surface area contributed by atoms with Crippen LogP contribution in [0.25, 0.3) is 11.1 Å². The van der Waals surface area contributed by atoms with E-state index in [4.69, 9.17) is 9.47 Å². The van der Waals surface area contributed by atoms with E-state index in [0.29, 0.717) is 6.54 Å². The average Bonchev–Trinajstić information content (AvgIpc) is 3.09. The van der Waals surface area contributed by atoms with Crippen LogP contribution >= 0.6 is 0 Å². The minimum absolute atomic E-state index is 0.0107. The lowest BCUT2D eigenvalue weighted by Gasteiger charge is -2.41. The molecule has 3 atom stereocenters. The molecule has 2 saturated heterocycles. The molecule has 7 heteroatoms. The smallest absolute Gasteiger partial charge is 0.217 e. The molecule has 2 heterocycles. The molecule has 2 aliphatic heterocycles. The number of ether oxygens (including phenoxy) is 2. The normalized spacial score (nSPS) is 21.0. The van der Waals surface area contributed by atoms with Crippen molar-refractivity contribution in [3.05, 3.63) is 131 Å². The minimum atomic E-state index is -0.506. The molecule has 2 aliphatic rings. The molecular formula is C38H43N3O4. The van der Waals surface area contributed by atoms with Gasteiger partial charge in [0.1, 0.15) is 0 Å². The number of carbonyl (C=O) groups is 1. The zero-order chi connectivity index (χ0) is 31.0. The lowest BCUT2D eigenvalue weighted by atomic mass is 9.98. The van der Waals surface area contributed by atoms with Crippen LogP contribution in [0.1, 0.15) is 53.6 Å². The van der Waals surface area contributed by atoms with Crippen molar-refractivity contribution in [2.75, 3.05) is 32.7 Å². The fourth-order valence-electron chi connectivity index (χ4n) is 6.24. The number of nitrogens with zero attached hydrogens (tertiary/aromatic N) is 2. The van der Waals surface area contributed by atoms with Crippen LogP contribution in [0.5, 0.6) is 0 Å². The molecule has 234 valence electrons. The third-order valence-electron chi connectivity index (χ3n) is 8.75. The fraction of sp³-hybridized carbons (Fsp3) is 0.342. The topological polar surface area (TPSA) is 74.3 Å². The number of rotatable bonds is 10. The average molecular weight is 606 g/mol. The summed E-state index contributed by atoms with van der Waals surface area (Å²) in [5.74, 6) is -0.0434. The Morgan fingerprint density at radius 2 is 1.44 bits per heavy atom. The summed E-state index contributed by atoms with van der Waals surface area (Å²) in [6, 6.07) is 35.4. The molecule has 2 fully saturated rings. The van der Waals surface area contributed by atoms with Gasteiger partial charge in [-0.25, -0.2) is 0 Å². The van der Waals surface area contributed by atoms with Gasteiger partial charge in [-0.1, -0.05) is 91.0 Å². The molecular weight excluding hydrogens is 562 g/mol. The zero-order valence-electron chi connectivity index (χ0n) is 26.0. The van der Waals surface area contributed by atoms with E-state index >= 15 is 0 Å². The Balaban J connectivity index is 1.17. The highest BCUT2D eigenvalue weighted by atomic mass is 16.7.